The minimum absolute atomic E-state index is 0.0456. The smallest absolute Gasteiger partial charge is 0.410 e. The van der Waals surface area contributed by atoms with Gasteiger partial charge in [0.25, 0.3) is 0 Å². The van der Waals surface area contributed by atoms with E-state index in [1.165, 1.54) is 0 Å². The van der Waals surface area contributed by atoms with Crippen molar-refractivity contribution < 1.29 is 27.4 Å². The predicted octanol–water partition coefficient (Wildman–Crippen LogP) is 6.06. The molecule has 0 atom stereocenters. The molecule has 0 radical (unpaired) electrons. The number of halogens is 1. The first-order valence-corrected chi connectivity index (χ1v) is 13.8. The minimum Gasteiger partial charge on any atom is -0.493 e. The molecule has 3 rings (SSSR count). The lowest BCUT2D eigenvalue weighted by atomic mass is 9.98. The Morgan fingerprint density at radius 1 is 1.06 bits per heavy atom. The Kier molecular flexibility index (Phi) is 8.52. The Labute approximate surface area is 210 Å². The average molecular weight is 555 g/mol. The maximum atomic E-state index is 12.2. The summed E-state index contributed by atoms with van der Waals surface area (Å²) in [6, 6.07) is 12.0. The molecule has 0 spiro atoms. The fraction of sp³-hybridized carbons (Fsp3) is 0.480. The van der Waals surface area contributed by atoms with Crippen LogP contribution in [0.25, 0.3) is 0 Å². The maximum Gasteiger partial charge on any atom is 0.410 e. The van der Waals surface area contributed by atoms with E-state index in [0.717, 1.165) is 18.6 Å². The van der Waals surface area contributed by atoms with Crippen LogP contribution in [0.15, 0.2) is 51.8 Å². The molecule has 1 amide bonds. The van der Waals surface area contributed by atoms with E-state index >= 15 is 0 Å². The molecule has 34 heavy (non-hydrogen) atoms. The van der Waals surface area contributed by atoms with Gasteiger partial charge in [-0.1, -0.05) is 6.92 Å². The van der Waals surface area contributed by atoms with Crippen LogP contribution in [0.4, 0.5) is 4.79 Å². The lowest BCUT2D eigenvalue weighted by molar-refractivity contribution is 0.0165. The third kappa shape index (κ3) is 7.37. The number of nitrogens with zero attached hydrogens (tertiary/aromatic N) is 1. The van der Waals surface area contributed by atoms with E-state index in [1.807, 2.05) is 45.0 Å². The van der Waals surface area contributed by atoms with E-state index in [9.17, 15) is 13.2 Å². The summed E-state index contributed by atoms with van der Waals surface area (Å²) in [6.45, 7) is 9.15. The first kappa shape index (κ1) is 26.3. The molecule has 7 nitrogen and oxygen atoms in total. The third-order valence-corrected chi connectivity index (χ3v) is 7.80. The number of carbonyl (C=O) groups excluding carboxylic acids is 1. The molecule has 1 heterocycles. The van der Waals surface area contributed by atoms with Gasteiger partial charge in [0.05, 0.1) is 21.7 Å². The molecule has 0 N–H and O–H groups in total. The summed E-state index contributed by atoms with van der Waals surface area (Å²) >= 11 is 3.39. The summed E-state index contributed by atoms with van der Waals surface area (Å²) in [7, 11) is -3.27. The molecule has 0 unspecified atom stereocenters. The molecule has 1 fully saturated rings. The van der Waals surface area contributed by atoms with Gasteiger partial charge >= 0.3 is 6.09 Å². The maximum absolute atomic E-state index is 12.2. The molecule has 2 aromatic rings. The molecule has 186 valence electrons. The van der Waals surface area contributed by atoms with Gasteiger partial charge in [0.15, 0.2) is 9.84 Å². The number of piperidine rings is 1. The highest BCUT2D eigenvalue weighted by Gasteiger charge is 2.27. The van der Waals surface area contributed by atoms with Crippen molar-refractivity contribution in [2.24, 2.45) is 5.92 Å². The third-order valence-electron chi connectivity index (χ3n) is 5.45. The summed E-state index contributed by atoms with van der Waals surface area (Å²) in [6.07, 6.45) is 1.49. The van der Waals surface area contributed by atoms with Crippen LogP contribution >= 0.6 is 15.9 Å². The largest absolute Gasteiger partial charge is 0.493 e. The SMILES string of the molecule is CCS(=O)(=O)c1ccc(Oc2ccc(OCC3CCN(C(=O)OC(C)(C)C)CC3)cc2)c(Br)c1. The van der Waals surface area contributed by atoms with E-state index in [4.69, 9.17) is 14.2 Å². The van der Waals surface area contributed by atoms with Crippen LogP contribution in [0.2, 0.25) is 0 Å². The molecule has 1 saturated heterocycles. The van der Waals surface area contributed by atoms with E-state index in [1.54, 1.807) is 30.0 Å². The summed E-state index contributed by atoms with van der Waals surface area (Å²) in [5.74, 6) is 2.31. The fourth-order valence-corrected chi connectivity index (χ4v) is 5.00. The summed E-state index contributed by atoms with van der Waals surface area (Å²) in [5, 5.41) is 0. The Morgan fingerprint density at radius 3 is 2.24 bits per heavy atom. The van der Waals surface area contributed by atoms with Crippen molar-refractivity contribution in [3.63, 3.8) is 0 Å². The van der Waals surface area contributed by atoms with Gasteiger partial charge < -0.3 is 19.1 Å². The standard InChI is InChI=1S/C25H32BrNO6S/c1-5-34(29,30)21-10-11-23(22(26)16-21)32-20-8-6-19(7-9-20)31-17-18-12-14-27(15-13-18)24(28)33-25(2,3)4/h6-11,16,18H,5,12-15,17H2,1-4H3. The van der Waals surface area contributed by atoms with Crippen molar-refractivity contribution in [2.45, 2.75) is 51.0 Å². The van der Waals surface area contributed by atoms with E-state index in [0.29, 0.717) is 41.6 Å². The second-order valence-electron chi connectivity index (χ2n) is 9.29. The van der Waals surface area contributed by atoms with Gasteiger partial charge in [-0.15, -0.1) is 0 Å². The highest BCUT2D eigenvalue weighted by atomic mass is 79.9. The molecule has 0 saturated carbocycles. The van der Waals surface area contributed by atoms with Crippen molar-refractivity contribution in [1.82, 2.24) is 4.90 Å². The molecule has 0 aliphatic carbocycles. The van der Waals surface area contributed by atoms with Crippen LogP contribution in [0.1, 0.15) is 40.5 Å². The second kappa shape index (κ2) is 11.0. The zero-order valence-electron chi connectivity index (χ0n) is 20.0. The number of hydrogen-bond acceptors (Lipinski definition) is 6. The summed E-state index contributed by atoms with van der Waals surface area (Å²) in [5.41, 5.74) is -0.484. The average Bonchev–Trinajstić information content (AvgIpc) is 2.79. The van der Waals surface area contributed by atoms with Crippen LogP contribution in [0, 0.1) is 5.92 Å². The lowest BCUT2D eigenvalue weighted by Crippen LogP contribution is -2.42. The van der Waals surface area contributed by atoms with Crippen LogP contribution in [0.3, 0.4) is 0 Å². The van der Waals surface area contributed by atoms with Gasteiger partial charge in [0.2, 0.25) is 0 Å². The van der Waals surface area contributed by atoms with Gasteiger partial charge in [-0.25, -0.2) is 13.2 Å². The normalized spacial score (nSPS) is 15.1. The number of carbonyl (C=O) groups is 1. The van der Waals surface area contributed by atoms with Crippen LogP contribution < -0.4 is 9.47 Å². The number of rotatable bonds is 7. The molecular formula is C25H32BrNO6S. The number of amides is 1. The highest BCUT2D eigenvalue weighted by molar-refractivity contribution is 9.10. The van der Waals surface area contributed by atoms with Gasteiger partial charge in [-0.05, 0) is 97.9 Å². The Bertz CT molecular complexity index is 1090. The van der Waals surface area contributed by atoms with E-state index in [2.05, 4.69) is 15.9 Å². The molecule has 9 heteroatoms. The monoisotopic (exact) mass is 553 g/mol. The first-order chi connectivity index (χ1) is 16.0. The highest BCUT2D eigenvalue weighted by Crippen LogP contribution is 2.33. The fourth-order valence-electron chi connectivity index (χ4n) is 3.48. The number of hydrogen-bond donors (Lipinski definition) is 0. The van der Waals surface area contributed by atoms with Crippen molar-refractivity contribution in [1.29, 1.82) is 0 Å². The van der Waals surface area contributed by atoms with Crippen LogP contribution in [-0.4, -0.2) is 50.5 Å². The topological polar surface area (TPSA) is 82.1 Å². The van der Waals surface area contributed by atoms with E-state index in [-0.39, 0.29) is 16.7 Å². The number of benzene rings is 2. The van der Waals surface area contributed by atoms with Crippen molar-refractivity contribution in [3.8, 4) is 17.2 Å². The zero-order chi connectivity index (χ0) is 24.9. The summed E-state index contributed by atoms with van der Waals surface area (Å²) < 4.78 is 41.9. The van der Waals surface area contributed by atoms with Gasteiger partial charge in [0.1, 0.15) is 22.8 Å². The molecule has 0 bridgehead atoms. The number of ether oxygens (including phenoxy) is 3. The molecule has 1 aliphatic heterocycles. The van der Waals surface area contributed by atoms with Crippen molar-refractivity contribution >= 4 is 31.9 Å². The number of likely N-dealkylation sites (tertiary alicyclic amines) is 1. The molecule has 2 aromatic carbocycles. The minimum atomic E-state index is -3.27. The molecular weight excluding hydrogens is 522 g/mol. The van der Waals surface area contributed by atoms with Crippen LogP contribution in [0.5, 0.6) is 17.2 Å². The van der Waals surface area contributed by atoms with Crippen molar-refractivity contribution in [2.75, 3.05) is 25.4 Å². The predicted molar refractivity (Wildman–Crippen MR) is 134 cm³/mol. The molecule has 0 aromatic heterocycles. The Balaban J connectivity index is 1.48. The Morgan fingerprint density at radius 2 is 1.68 bits per heavy atom. The quantitative estimate of drug-likeness (QED) is 0.414. The van der Waals surface area contributed by atoms with Crippen molar-refractivity contribution in [3.05, 3.63) is 46.9 Å². The lowest BCUT2D eigenvalue weighted by Gasteiger charge is -2.33. The number of sulfone groups is 1. The van der Waals surface area contributed by atoms with Crippen LogP contribution in [-0.2, 0) is 14.6 Å². The first-order valence-electron chi connectivity index (χ1n) is 11.4. The Hall–Kier alpha value is -2.26. The van der Waals surface area contributed by atoms with Gasteiger partial charge in [0, 0.05) is 13.1 Å². The van der Waals surface area contributed by atoms with E-state index < -0.39 is 15.4 Å². The van der Waals surface area contributed by atoms with Gasteiger partial charge in [-0.3, -0.25) is 0 Å². The summed E-state index contributed by atoms with van der Waals surface area (Å²) in [4.78, 5) is 14.2. The molecule has 1 aliphatic rings. The zero-order valence-corrected chi connectivity index (χ0v) is 22.4. The van der Waals surface area contributed by atoms with Gasteiger partial charge in [-0.2, -0.15) is 0 Å². The second-order valence-corrected chi connectivity index (χ2v) is 12.4.